The monoisotopic (exact) mass is 1980 g/mol. The normalized spacial score (nSPS) is 10.9. The molecule has 17 N–H and O–H groups in total. The van der Waals surface area contributed by atoms with Gasteiger partial charge >= 0.3 is 0 Å². The van der Waals surface area contributed by atoms with Crippen LogP contribution in [0.25, 0.3) is 0 Å². The molecule has 680 valence electrons. The van der Waals surface area contributed by atoms with Crippen molar-refractivity contribution in [2.24, 2.45) is 16.0 Å². The zero-order chi connectivity index (χ0) is 96.4. The Labute approximate surface area is 756 Å². The maximum Gasteiger partial charge on any atom is 0.269 e. The first-order valence-corrected chi connectivity index (χ1v) is 48.1. The minimum absolute atomic E-state index is 0.00965. The number of non-ortho nitro benzene ring substituents is 2. The fourth-order valence-corrected chi connectivity index (χ4v) is 16.1. The summed E-state index contributed by atoms with van der Waals surface area (Å²) in [6.45, 7) is 3.40. The first-order valence-electron chi connectivity index (χ1n) is 34.8. The molecule has 0 saturated carbocycles. The summed E-state index contributed by atoms with van der Waals surface area (Å²) in [7, 11) is -20.1. The Morgan fingerprint density at radius 3 is 1.04 bits per heavy atom. The van der Waals surface area contributed by atoms with Gasteiger partial charge in [0, 0.05) is 63.4 Å². The van der Waals surface area contributed by atoms with Gasteiger partial charge in [0.25, 0.3) is 11.4 Å². The Balaban J connectivity index is 0.000000398. The van der Waals surface area contributed by atoms with Crippen LogP contribution in [0.4, 0.5) is 70.6 Å². The second-order valence-electron chi connectivity index (χ2n) is 24.7. The van der Waals surface area contributed by atoms with Gasteiger partial charge in [-0.2, -0.15) is 9.97 Å². The van der Waals surface area contributed by atoms with E-state index < -0.39 is 96.5 Å². The molecule has 0 saturated heterocycles. The van der Waals surface area contributed by atoms with E-state index in [0.717, 1.165) is 18.6 Å². The summed E-state index contributed by atoms with van der Waals surface area (Å²) in [6.07, 6.45) is 27.4. The Morgan fingerprint density at radius 1 is 0.406 bits per heavy atom. The second-order valence-corrected chi connectivity index (χ2v) is 38.8. The Morgan fingerprint density at radius 2 is 0.711 bits per heavy atom. The maximum atomic E-state index is 14.3. The molecule has 3 aromatic heterocycles. The molecule has 52 heteroatoms. The number of nitrogen functional groups attached to an aromatic ring is 2. The van der Waals surface area contributed by atoms with Crippen molar-refractivity contribution >= 4 is 172 Å². The number of halogens is 7. The number of aromatic nitrogens is 6. The Hall–Kier alpha value is -12.3. The van der Waals surface area contributed by atoms with E-state index >= 15 is 0 Å². The van der Waals surface area contributed by atoms with E-state index in [-0.39, 0.29) is 109 Å². The quantitative estimate of drug-likeness (QED) is 0.00415. The maximum absolute atomic E-state index is 14.3. The second kappa shape index (κ2) is 52.7. The average Bonchev–Trinajstić information content (AvgIpc) is 0.816. The first-order chi connectivity index (χ1) is 59.7. The molecular formula is C76H77Cl4F3N20O18S7. The first kappa shape index (κ1) is 110. The van der Waals surface area contributed by atoms with Crippen LogP contribution < -0.4 is 62.3 Å². The van der Waals surface area contributed by atoms with Crippen molar-refractivity contribution in [3.8, 4) is 61.7 Å². The van der Waals surface area contributed by atoms with Crippen LogP contribution in [-0.4, -0.2) is 131 Å². The zero-order valence-electron chi connectivity index (χ0n) is 66.5. The van der Waals surface area contributed by atoms with Crippen molar-refractivity contribution in [2.45, 2.75) is 52.4 Å². The van der Waals surface area contributed by atoms with Crippen LogP contribution in [0.1, 0.15) is 38.9 Å². The van der Waals surface area contributed by atoms with Gasteiger partial charge < -0.3 is 33.2 Å². The number of nitrogens with two attached hydrogens (primary N) is 5. The average molecular weight is 1980 g/mol. The van der Waals surface area contributed by atoms with Gasteiger partial charge in [-0.05, 0) is 137 Å². The van der Waals surface area contributed by atoms with Crippen LogP contribution in [0.15, 0.2) is 186 Å². The molecule has 38 nitrogen and oxygen atoms in total. The zero-order valence-corrected chi connectivity index (χ0v) is 75.3. The number of terminal acetylenes is 5. The van der Waals surface area contributed by atoms with E-state index in [1.54, 1.807) is 111 Å². The third kappa shape index (κ3) is 44.2. The van der Waals surface area contributed by atoms with Crippen LogP contribution in [0.2, 0.25) is 15.7 Å². The summed E-state index contributed by atoms with van der Waals surface area (Å²) >= 11 is 16.1. The summed E-state index contributed by atoms with van der Waals surface area (Å²) in [5.41, 5.74) is 21.5. The highest BCUT2D eigenvalue weighted by atomic mass is 35.7. The molecular weight excluding hydrogens is 1900 g/mol. The number of anilines is 8. The smallest absolute Gasteiger partial charge is 0.269 e. The van der Waals surface area contributed by atoms with Crippen LogP contribution in [0.5, 0.6) is 0 Å². The molecule has 0 bridgehead atoms. The number of nitro benzene ring substituents is 2. The van der Waals surface area contributed by atoms with Crippen LogP contribution in [-0.2, 0) is 98.0 Å². The largest absolute Gasteiger partial charge is 0.399 e. The van der Waals surface area contributed by atoms with Gasteiger partial charge in [0.05, 0.1) is 99.7 Å². The lowest BCUT2D eigenvalue weighted by atomic mass is 10.2. The van der Waals surface area contributed by atoms with E-state index in [4.69, 9.17) is 98.7 Å². The molecule has 128 heavy (non-hydrogen) atoms. The minimum Gasteiger partial charge on any atom is -0.399 e. The Kier molecular flexibility index (Phi) is 45.3. The number of aryl methyl sites for hydroxylation is 2. The van der Waals surface area contributed by atoms with Crippen molar-refractivity contribution in [3.63, 3.8) is 0 Å². The number of nitrogens with zero attached hydrogens (tertiary/aromatic N) is 8. The molecule has 7 aromatic carbocycles. The molecule has 10 rings (SSSR count). The van der Waals surface area contributed by atoms with Crippen molar-refractivity contribution in [3.05, 3.63) is 269 Å². The standard InChI is InChI=1S/C21H21FN6O4S2.C14H12ClFN4O2S.C10H10N2O4S.C10H12N2O2S.C7H6ClNO4S.C7H10N2O2S.C4HCl2FN2.C3H5N/c1-3-10-25-33(29,30)13-15-5-8-16(9-6-15)26-20-18(22)12-24-21(28-20)27-17-7-4-14(2)19(11-17)34(23,31)32;1-2-7-18-23(21,22)9-10-3-5-11(6-4-10)19-13-12(16)8-17-14(15)20-13;1-2-7-11-17(15,16)8-9-3-5-10(6-4-9)12(13)14;1-2-7-12-15(13,14)8-9-3-5-10(11)6-4-9;8-14(12,13)5-6-1-3-7(4-2-6)9(10)11;1-5-2-3-6(8)4-7(5)12(9,10)11;5-3-2(7)1-8-4(6)9-3;1-2-3-4/h1,4-9,11-12,25H,10,13H2,2H3,(H2,23,31,32)(H2,24,26,27,28);1,3-6,8,18H,7,9H2,(H,17,19,20);1,3-6,11H,7-8H2;1,3-6,12H,7-8,11H2;1-4H,5H2;2-4H,8H2,1H3,(H2,9,10,11);1H;1H,3-4H2. The van der Waals surface area contributed by atoms with Gasteiger partial charge in [-0.3, -0.25) is 20.2 Å². The Bertz CT molecular complexity index is 6580. The molecule has 10 aromatic rings. The third-order valence-corrected chi connectivity index (χ3v) is 23.5. The fourth-order valence-electron chi connectivity index (χ4n) is 8.88. The number of sulfonamides is 6. The molecule has 0 spiro atoms. The molecule has 0 radical (unpaired) electrons. The van der Waals surface area contributed by atoms with E-state index in [0.29, 0.717) is 73.9 Å². The van der Waals surface area contributed by atoms with E-state index in [1.807, 2.05) is 0 Å². The number of hydrogen-bond donors (Lipinski definition) is 12. The van der Waals surface area contributed by atoms with Gasteiger partial charge in [0.2, 0.25) is 85.7 Å². The number of benzene rings is 7. The summed E-state index contributed by atoms with van der Waals surface area (Å²) in [6, 6.07) is 38.9. The predicted molar refractivity (Wildman–Crippen MR) is 484 cm³/mol. The van der Waals surface area contributed by atoms with E-state index in [9.17, 15) is 92.3 Å². The number of nitrogens with one attached hydrogen (secondary N) is 7. The number of rotatable bonds is 28. The fraction of sp³-hybridized carbons (Fsp3) is 0.158. The number of hydrogen-bond acceptors (Lipinski definition) is 30. The lowest BCUT2D eigenvalue weighted by Gasteiger charge is -2.11. The molecule has 0 aliphatic heterocycles. The van der Waals surface area contributed by atoms with E-state index in [1.165, 1.54) is 60.7 Å². The lowest BCUT2D eigenvalue weighted by Crippen LogP contribution is -2.25. The third-order valence-electron chi connectivity index (χ3n) is 14.6. The van der Waals surface area contributed by atoms with Gasteiger partial charge in [0.1, 0.15) is 0 Å². The summed E-state index contributed by atoms with van der Waals surface area (Å²) < 4.78 is 209. The molecule has 0 aliphatic carbocycles. The van der Waals surface area contributed by atoms with Gasteiger partial charge in [0.15, 0.2) is 34.2 Å². The van der Waals surface area contributed by atoms with Gasteiger partial charge in [-0.1, -0.05) is 114 Å². The molecule has 0 fully saturated rings. The van der Waals surface area contributed by atoms with Crippen LogP contribution in [0.3, 0.4) is 0 Å². The van der Waals surface area contributed by atoms with Crippen molar-refractivity contribution in [1.82, 2.24) is 48.8 Å². The molecule has 0 atom stereocenters. The van der Waals surface area contributed by atoms with Crippen LogP contribution in [0, 0.1) is 113 Å². The topological polar surface area (TPSA) is 617 Å². The SMILES string of the molecule is C#CCN.C#CCNS(=O)(=O)Cc1ccc(N)cc1.C#CCNS(=O)(=O)Cc1ccc(Nc2nc(Cl)ncc2F)cc1.C#CCNS(=O)(=O)Cc1ccc(Nc2nc(Nc3ccc(C)c(S(N)(=O)=O)c3)ncc2F)cc1.C#CCNS(=O)(=O)Cc1ccc([N+](=O)[O-])cc1.Cc1ccc(N)cc1S(N)(=O)=O.Fc1cnc(Cl)nc1Cl.O=[N+]([O-])c1ccc(CS(=O)(=O)Cl)cc1. The van der Waals surface area contributed by atoms with E-state index in [2.05, 4.69) is 101 Å². The van der Waals surface area contributed by atoms with Gasteiger partial charge in [-0.15, -0.1) is 32.1 Å². The minimum atomic E-state index is -3.93. The van der Waals surface area contributed by atoms with Gasteiger partial charge in [-0.25, -0.2) is 121 Å². The highest BCUT2D eigenvalue weighted by molar-refractivity contribution is 8.13. The summed E-state index contributed by atoms with van der Waals surface area (Å²) in [5, 5.41) is 38.8. The molecule has 3 heterocycles. The van der Waals surface area contributed by atoms with Crippen LogP contribution >= 0.6 is 45.5 Å². The van der Waals surface area contributed by atoms with Crippen molar-refractivity contribution in [1.29, 1.82) is 0 Å². The summed E-state index contributed by atoms with van der Waals surface area (Å²) in [4.78, 5) is 41.4. The van der Waals surface area contributed by atoms with Crippen molar-refractivity contribution in [2.75, 3.05) is 60.1 Å². The highest BCUT2D eigenvalue weighted by Gasteiger charge is 2.19. The number of nitro groups is 2. The number of primary sulfonamides is 2. The van der Waals surface area contributed by atoms with Crippen molar-refractivity contribution < 1.29 is 81.9 Å². The predicted octanol–water partition coefficient (Wildman–Crippen LogP) is 8.53. The highest BCUT2D eigenvalue weighted by Crippen LogP contribution is 2.27. The molecule has 0 unspecified atom stereocenters. The molecule has 0 amide bonds. The summed E-state index contributed by atoms with van der Waals surface area (Å²) in [5.74, 6) is 7.57. The molecule has 0 aliphatic rings. The lowest BCUT2D eigenvalue weighted by molar-refractivity contribution is -0.385.